The van der Waals surface area contributed by atoms with E-state index in [0.29, 0.717) is 12.2 Å². The van der Waals surface area contributed by atoms with Gasteiger partial charge < -0.3 is 0 Å². The van der Waals surface area contributed by atoms with Crippen LogP contribution in [0.15, 0.2) is 22.7 Å². The number of carbonyl (C=O) groups excluding carboxylic acids is 1. The average molecular weight is 239 g/mol. The molecule has 68 valence electrons. The predicted octanol–water partition coefficient (Wildman–Crippen LogP) is 3.36. The molecule has 13 heavy (non-hydrogen) atoms. The van der Waals surface area contributed by atoms with Gasteiger partial charge in [0.25, 0.3) is 0 Å². The van der Waals surface area contributed by atoms with Crippen LogP contribution in [0.3, 0.4) is 0 Å². The topological polar surface area (TPSA) is 17.1 Å². The number of halogens is 1. The summed E-state index contributed by atoms with van der Waals surface area (Å²) in [6.45, 7) is 0. The Morgan fingerprint density at radius 2 is 1.92 bits per heavy atom. The van der Waals surface area contributed by atoms with Gasteiger partial charge in [0, 0.05) is 16.5 Å². The van der Waals surface area contributed by atoms with Gasteiger partial charge in [0.15, 0.2) is 5.78 Å². The third-order valence-corrected chi connectivity index (χ3v) is 3.24. The van der Waals surface area contributed by atoms with Crippen molar-refractivity contribution in [1.82, 2.24) is 0 Å². The first-order valence-corrected chi connectivity index (χ1v) is 5.39. The number of rotatable bonds is 0. The summed E-state index contributed by atoms with van der Waals surface area (Å²) < 4.78 is 1.08. The summed E-state index contributed by atoms with van der Waals surface area (Å²) in [6, 6.07) is 5.89. The summed E-state index contributed by atoms with van der Waals surface area (Å²) in [5, 5.41) is 0. The highest BCUT2D eigenvalue weighted by atomic mass is 79.9. The van der Waals surface area contributed by atoms with Crippen molar-refractivity contribution in [3.05, 3.63) is 33.8 Å². The van der Waals surface area contributed by atoms with Gasteiger partial charge in [0.1, 0.15) is 0 Å². The van der Waals surface area contributed by atoms with Crippen LogP contribution in [-0.4, -0.2) is 5.78 Å². The first kappa shape index (κ1) is 8.95. The molecule has 1 nitrogen and oxygen atoms in total. The summed E-state index contributed by atoms with van der Waals surface area (Å²) in [4.78, 5) is 11.6. The van der Waals surface area contributed by atoms with E-state index in [-0.39, 0.29) is 0 Å². The number of hydrogen-bond acceptors (Lipinski definition) is 1. The van der Waals surface area contributed by atoms with Crippen LogP contribution in [0.4, 0.5) is 0 Å². The molecule has 0 saturated heterocycles. The minimum absolute atomic E-state index is 0.300. The van der Waals surface area contributed by atoms with Gasteiger partial charge in [-0.15, -0.1) is 0 Å². The van der Waals surface area contributed by atoms with Crippen molar-refractivity contribution in [3.8, 4) is 0 Å². The number of Topliss-reactive ketones (excluding diaryl/α,β-unsaturated/α-hetero) is 1. The highest BCUT2D eigenvalue weighted by molar-refractivity contribution is 9.10. The van der Waals surface area contributed by atoms with Crippen LogP contribution in [0.5, 0.6) is 0 Å². The number of hydrogen-bond donors (Lipinski definition) is 0. The number of benzene rings is 1. The van der Waals surface area contributed by atoms with Crippen LogP contribution in [0.2, 0.25) is 0 Å². The zero-order valence-corrected chi connectivity index (χ0v) is 8.93. The second kappa shape index (κ2) is 3.62. The molecule has 0 heterocycles. The summed E-state index contributed by atoms with van der Waals surface area (Å²) in [5.74, 6) is 0.300. The fraction of sp³-hybridized carbons (Fsp3) is 0.364. The van der Waals surface area contributed by atoms with Crippen molar-refractivity contribution < 1.29 is 4.79 Å². The Morgan fingerprint density at radius 1 is 1.15 bits per heavy atom. The third-order valence-electron chi connectivity index (χ3n) is 2.50. The molecule has 0 unspecified atom stereocenters. The van der Waals surface area contributed by atoms with Gasteiger partial charge in [0.2, 0.25) is 0 Å². The molecule has 2 rings (SSSR count). The molecule has 0 radical (unpaired) electrons. The van der Waals surface area contributed by atoms with Crippen LogP contribution in [0, 0.1) is 0 Å². The van der Waals surface area contributed by atoms with Gasteiger partial charge in [-0.3, -0.25) is 4.79 Å². The Labute approximate surface area is 86.3 Å². The summed E-state index contributed by atoms with van der Waals surface area (Å²) >= 11 is 3.49. The number of fused-ring (bicyclic) bond motifs is 1. The standard InChI is InChI=1S/C11H11BrO/c12-10-6-3-5-9-8(10)4-1-2-7-11(9)13/h3,5-6H,1-2,4,7H2. The fourth-order valence-electron chi connectivity index (χ4n) is 1.80. The lowest BCUT2D eigenvalue weighted by Crippen LogP contribution is -2.00. The second-order valence-electron chi connectivity index (χ2n) is 3.40. The maximum Gasteiger partial charge on any atom is 0.163 e. The van der Waals surface area contributed by atoms with Crippen LogP contribution in [0.1, 0.15) is 35.2 Å². The van der Waals surface area contributed by atoms with E-state index in [1.54, 1.807) is 0 Å². The number of ketones is 1. The van der Waals surface area contributed by atoms with E-state index in [9.17, 15) is 4.79 Å². The van der Waals surface area contributed by atoms with Gasteiger partial charge in [0.05, 0.1) is 0 Å². The Kier molecular flexibility index (Phi) is 2.49. The highest BCUT2D eigenvalue weighted by Gasteiger charge is 2.16. The Bertz CT molecular complexity index is 344. The summed E-state index contributed by atoms with van der Waals surface area (Å²) in [5.41, 5.74) is 2.12. The smallest absolute Gasteiger partial charge is 0.163 e. The molecule has 1 aromatic carbocycles. The third kappa shape index (κ3) is 1.68. The Hall–Kier alpha value is -0.630. The molecule has 0 bridgehead atoms. The van der Waals surface area contributed by atoms with Crippen LogP contribution >= 0.6 is 15.9 Å². The first-order chi connectivity index (χ1) is 6.29. The van der Waals surface area contributed by atoms with E-state index in [1.165, 1.54) is 5.56 Å². The van der Waals surface area contributed by atoms with E-state index in [1.807, 2.05) is 18.2 Å². The van der Waals surface area contributed by atoms with Crippen LogP contribution in [0.25, 0.3) is 0 Å². The summed E-state index contributed by atoms with van der Waals surface area (Å²) in [7, 11) is 0. The highest BCUT2D eigenvalue weighted by Crippen LogP contribution is 2.26. The molecule has 1 aromatic rings. The molecule has 0 aliphatic heterocycles. The van der Waals surface area contributed by atoms with Gasteiger partial charge in [-0.2, -0.15) is 0 Å². The number of carbonyl (C=O) groups is 1. The largest absolute Gasteiger partial charge is 0.294 e. The Balaban J connectivity index is 2.54. The minimum Gasteiger partial charge on any atom is -0.294 e. The van der Waals surface area contributed by atoms with E-state index in [2.05, 4.69) is 15.9 Å². The predicted molar refractivity (Wildman–Crippen MR) is 56.0 cm³/mol. The molecule has 0 amide bonds. The molecule has 0 atom stereocenters. The lowest BCUT2D eigenvalue weighted by atomic mass is 10.0. The zero-order chi connectivity index (χ0) is 9.26. The van der Waals surface area contributed by atoms with E-state index in [4.69, 9.17) is 0 Å². The molecular formula is C11H11BrO. The minimum atomic E-state index is 0.300. The molecule has 1 aliphatic rings. The lowest BCUT2D eigenvalue weighted by Gasteiger charge is -2.05. The van der Waals surface area contributed by atoms with Crippen molar-refractivity contribution in [2.45, 2.75) is 25.7 Å². The molecule has 0 N–H and O–H groups in total. The second-order valence-corrected chi connectivity index (χ2v) is 4.25. The van der Waals surface area contributed by atoms with Crippen LogP contribution < -0.4 is 0 Å². The molecule has 0 aromatic heterocycles. The van der Waals surface area contributed by atoms with Crippen molar-refractivity contribution in [1.29, 1.82) is 0 Å². The maximum atomic E-state index is 11.6. The molecule has 0 fully saturated rings. The van der Waals surface area contributed by atoms with Crippen LogP contribution in [-0.2, 0) is 6.42 Å². The molecule has 0 spiro atoms. The molecule has 1 aliphatic carbocycles. The van der Waals surface area contributed by atoms with Crippen molar-refractivity contribution in [2.24, 2.45) is 0 Å². The molecule has 2 heteroatoms. The van der Waals surface area contributed by atoms with Crippen molar-refractivity contribution in [3.63, 3.8) is 0 Å². The lowest BCUT2D eigenvalue weighted by molar-refractivity contribution is 0.0982. The first-order valence-electron chi connectivity index (χ1n) is 4.59. The fourth-order valence-corrected chi connectivity index (χ4v) is 2.36. The Morgan fingerprint density at radius 3 is 2.77 bits per heavy atom. The zero-order valence-electron chi connectivity index (χ0n) is 7.35. The van der Waals surface area contributed by atoms with E-state index < -0.39 is 0 Å². The average Bonchev–Trinajstić information content (AvgIpc) is 2.30. The van der Waals surface area contributed by atoms with Gasteiger partial charge in [-0.05, 0) is 30.9 Å². The summed E-state index contributed by atoms with van der Waals surface area (Å²) in [6.07, 6.45) is 3.90. The van der Waals surface area contributed by atoms with E-state index >= 15 is 0 Å². The maximum absolute atomic E-state index is 11.6. The van der Waals surface area contributed by atoms with Gasteiger partial charge in [-0.25, -0.2) is 0 Å². The van der Waals surface area contributed by atoms with Gasteiger partial charge in [-0.1, -0.05) is 28.1 Å². The van der Waals surface area contributed by atoms with Gasteiger partial charge >= 0.3 is 0 Å². The van der Waals surface area contributed by atoms with E-state index in [0.717, 1.165) is 29.3 Å². The quantitative estimate of drug-likeness (QED) is 0.634. The monoisotopic (exact) mass is 238 g/mol. The molecule has 0 saturated carbocycles. The normalized spacial score (nSPS) is 16.5. The SMILES string of the molecule is O=C1CCCCc2c(Br)cccc21. The van der Waals surface area contributed by atoms with Crippen molar-refractivity contribution >= 4 is 21.7 Å². The van der Waals surface area contributed by atoms with Crippen molar-refractivity contribution in [2.75, 3.05) is 0 Å². The molecular weight excluding hydrogens is 228 g/mol.